The molecule has 1 amide bonds. The summed E-state index contributed by atoms with van der Waals surface area (Å²) >= 11 is 0. The minimum Gasteiger partial charge on any atom is -0.479 e. The van der Waals surface area contributed by atoms with Crippen LogP contribution in [0.25, 0.3) is 0 Å². The van der Waals surface area contributed by atoms with E-state index in [0.29, 0.717) is 18.2 Å². The number of hydrogen-bond donors (Lipinski definition) is 1. The molecule has 0 unspecified atom stereocenters. The molecule has 2 atom stereocenters. The average molecular weight is 314 g/mol. The van der Waals surface area contributed by atoms with Gasteiger partial charge in [-0.15, -0.1) is 0 Å². The van der Waals surface area contributed by atoms with Crippen LogP contribution in [0.4, 0.5) is 0 Å². The fourth-order valence-corrected chi connectivity index (χ4v) is 3.00. The van der Waals surface area contributed by atoms with Crippen LogP contribution in [0, 0.1) is 6.92 Å². The second-order valence-electron chi connectivity index (χ2n) is 6.05. The van der Waals surface area contributed by atoms with E-state index in [9.17, 15) is 4.79 Å². The Morgan fingerprint density at radius 3 is 3.09 bits per heavy atom. The number of piperidine rings is 1. The largest absolute Gasteiger partial charge is 0.479 e. The lowest BCUT2D eigenvalue weighted by Gasteiger charge is -2.33. The third-order valence-corrected chi connectivity index (χ3v) is 4.17. The zero-order valence-electron chi connectivity index (χ0n) is 13.5. The second-order valence-corrected chi connectivity index (χ2v) is 6.05. The van der Waals surface area contributed by atoms with Gasteiger partial charge in [-0.25, -0.2) is 0 Å². The van der Waals surface area contributed by atoms with Crippen LogP contribution in [-0.2, 0) is 4.79 Å². The molecule has 0 saturated carbocycles. The molecular formula is C17H22N4O2. The molecule has 0 aromatic carbocycles. The van der Waals surface area contributed by atoms with Crippen molar-refractivity contribution in [2.75, 3.05) is 13.1 Å². The van der Waals surface area contributed by atoms with Gasteiger partial charge in [0.1, 0.15) is 5.75 Å². The van der Waals surface area contributed by atoms with Crippen LogP contribution < -0.4 is 4.74 Å². The maximum absolute atomic E-state index is 12.6. The number of aromatic nitrogens is 3. The van der Waals surface area contributed by atoms with Gasteiger partial charge < -0.3 is 9.64 Å². The molecule has 2 aromatic rings. The van der Waals surface area contributed by atoms with Gasteiger partial charge in [-0.3, -0.25) is 14.9 Å². The first-order valence-corrected chi connectivity index (χ1v) is 8.01. The first-order chi connectivity index (χ1) is 11.1. The molecule has 1 aliphatic rings. The Bertz CT molecular complexity index is 656. The van der Waals surface area contributed by atoms with Gasteiger partial charge in [-0.1, -0.05) is 0 Å². The molecule has 122 valence electrons. The van der Waals surface area contributed by atoms with Gasteiger partial charge in [-0.05, 0) is 44.9 Å². The van der Waals surface area contributed by atoms with Crippen LogP contribution in [0.2, 0.25) is 0 Å². The van der Waals surface area contributed by atoms with Crippen molar-refractivity contribution in [2.24, 2.45) is 0 Å². The van der Waals surface area contributed by atoms with Gasteiger partial charge in [0.2, 0.25) is 0 Å². The summed E-state index contributed by atoms with van der Waals surface area (Å²) in [5, 5.41) is 7.32. The molecule has 0 spiro atoms. The summed E-state index contributed by atoms with van der Waals surface area (Å²) in [6.45, 7) is 5.26. The van der Waals surface area contributed by atoms with Crippen molar-refractivity contribution in [3.8, 4) is 5.75 Å². The first-order valence-electron chi connectivity index (χ1n) is 8.01. The predicted molar refractivity (Wildman–Crippen MR) is 86.2 cm³/mol. The molecule has 23 heavy (non-hydrogen) atoms. The average Bonchev–Trinajstić information content (AvgIpc) is 3.02. The van der Waals surface area contributed by atoms with Crippen molar-refractivity contribution in [2.45, 2.75) is 38.7 Å². The smallest absolute Gasteiger partial charge is 0.263 e. The summed E-state index contributed by atoms with van der Waals surface area (Å²) < 4.78 is 5.70. The van der Waals surface area contributed by atoms with Crippen molar-refractivity contribution in [3.63, 3.8) is 0 Å². The van der Waals surface area contributed by atoms with E-state index in [2.05, 4.69) is 21.2 Å². The topological polar surface area (TPSA) is 71.1 Å². The highest BCUT2D eigenvalue weighted by Gasteiger charge is 2.29. The van der Waals surface area contributed by atoms with Crippen LogP contribution in [0.3, 0.4) is 0 Å². The lowest BCUT2D eigenvalue weighted by molar-refractivity contribution is -0.139. The van der Waals surface area contributed by atoms with Gasteiger partial charge in [-0.2, -0.15) is 5.10 Å². The van der Waals surface area contributed by atoms with Gasteiger partial charge in [0, 0.05) is 30.9 Å². The van der Waals surface area contributed by atoms with Crippen LogP contribution in [0.15, 0.2) is 30.6 Å². The number of nitrogens with one attached hydrogen (secondary N) is 1. The molecule has 0 radical (unpaired) electrons. The first kappa shape index (κ1) is 15.5. The van der Waals surface area contributed by atoms with Crippen LogP contribution in [0.5, 0.6) is 5.75 Å². The molecule has 2 aromatic heterocycles. The van der Waals surface area contributed by atoms with Gasteiger partial charge in [0.15, 0.2) is 6.10 Å². The second kappa shape index (κ2) is 6.81. The van der Waals surface area contributed by atoms with E-state index in [1.807, 2.05) is 17.9 Å². The van der Waals surface area contributed by atoms with Crippen molar-refractivity contribution in [1.82, 2.24) is 20.1 Å². The Labute approximate surface area is 135 Å². The number of nitrogens with zero attached hydrogens (tertiary/aromatic N) is 3. The Balaban J connectivity index is 1.62. The third kappa shape index (κ3) is 3.70. The summed E-state index contributed by atoms with van der Waals surface area (Å²) in [5.74, 6) is 0.930. The maximum atomic E-state index is 12.6. The lowest BCUT2D eigenvalue weighted by atomic mass is 9.94. The van der Waals surface area contributed by atoms with Gasteiger partial charge in [0.25, 0.3) is 5.91 Å². The molecule has 1 fully saturated rings. The van der Waals surface area contributed by atoms with Crippen molar-refractivity contribution in [3.05, 3.63) is 42.0 Å². The minimum atomic E-state index is -0.515. The van der Waals surface area contributed by atoms with E-state index < -0.39 is 6.10 Å². The van der Waals surface area contributed by atoms with E-state index in [1.54, 1.807) is 25.4 Å². The van der Waals surface area contributed by atoms with Crippen molar-refractivity contribution >= 4 is 5.91 Å². The number of hydrogen-bond acceptors (Lipinski definition) is 4. The van der Waals surface area contributed by atoms with E-state index in [0.717, 1.165) is 30.8 Å². The Morgan fingerprint density at radius 2 is 2.39 bits per heavy atom. The molecule has 0 aliphatic carbocycles. The fraction of sp³-hybridized carbons (Fsp3) is 0.471. The summed E-state index contributed by atoms with van der Waals surface area (Å²) in [6.07, 6.45) is 4.84. The number of aryl methyl sites for hydroxylation is 1. The number of pyridine rings is 1. The quantitative estimate of drug-likeness (QED) is 0.940. The summed E-state index contributed by atoms with van der Waals surface area (Å²) in [4.78, 5) is 18.5. The van der Waals surface area contributed by atoms with Crippen LogP contribution in [0.1, 0.15) is 37.1 Å². The standard InChI is InChI=1S/C17H22N4O2/c1-12-9-16(20-19-12)14-5-4-8-21(11-14)17(22)13(2)23-15-6-3-7-18-10-15/h3,6-7,9-10,13-14H,4-5,8,11H2,1-2H3,(H,19,20)/t13-,14+/m0/s1. The molecule has 1 aliphatic heterocycles. The highest BCUT2D eigenvalue weighted by atomic mass is 16.5. The molecule has 0 bridgehead atoms. The number of carbonyl (C=O) groups is 1. The lowest BCUT2D eigenvalue weighted by Crippen LogP contribution is -2.45. The summed E-state index contributed by atoms with van der Waals surface area (Å²) in [7, 11) is 0. The fourth-order valence-electron chi connectivity index (χ4n) is 3.00. The molecule has 3 rings (SSSR count). The number of H-pyrrole nitrogens is 1. The monoisotopic (exact) mass is 314 g/mol. The van der Waals surface area contributed by atoms with E-state index in [4.69, 9.17) is 4.74 Å². The van der Waals surface area contributed by atoms with Crippen LogP contribution in [-0.4, -0.2) is 45.2 Å². The van der Waals surface area contributed by atoms with Crippen molar-refractivity contribution < 1.29 is 9.53 Å². The number of rotatable bonds is 4. The summed E-state index contributed by atoms with van der Waals surface area (Å²) in [6, 6.07) is 5.67. The normalized spacial score (nSPS) is 19.4. The minimum absolute atomic E-state index is 0.0193. The molecule has 1 N–H and O–H groups in total. The number of ether oxygens (including phenoxy) is 1. The number of amides is 1. The van der Waals surface area contributed by atoms with Crippen molar-refractivity contribution in [1.29, 1.82) is 0 Å². The zero-order chi connectivity index (χ0) is 16.2. The van der Waals surface area contributed by atoms with Gasteiger partial charge in [0.05, 0.1) is 11.9 Å². The predicted octanol–water partition coefficient (Wildman–Crippen LogP) is 2.29. The number of aromatic amines is 1. The summed E-state index contributed by atoms with van der Waals surface area (Å²) in [5.41, 5.74) is 2.09. The van der Waals surface area contributed by atoms with E-state index in [1.165, 1.54) is 0 Å². The van der Waals surface area contributed by atoms with E-state index in [-0.39, 0.29) is 5.91 Å². The molecule has 6 nitrogen and oxygen atoms in total. The molecule has 3 heterocycles. The third-order valence-electron chi connectivity index (χ3n) is 4.17. The Hall–Kier alpha value is -2.37. The van der Waals surface area contributed by atoms with Crippen LogP contribution >= 0.6 is 0 Å². The number of carbonyl (C=O) groups excluding carboxylic acids is 1. The van der Waals surface area contributed by atoms with E-state index >= 15 is 0 Å². The maximum Gasteiger partial charge on any atom is 0.263 e. The Kier molecular flexibility index (Phi) is 4.60. The van der Waals surface area contributed by atoms with Gasteiger partial charge >= 0.3 is 0 Å². The Morgan fingerprint density at radius 1 is 1.52 bits per heavy atom. The molecular weight excluding hydrogens is 292 g/mol. The molecule has 1 saturated heterocycles. The highest BCUT2D eigenvalue weighted by Crippen LogP contribution is 2.26. The zero-order valence-corrected chi connectivity index (χ0v) is 13.5. The number of likely N-dealkylation sites (tertiary alicyclic amines) is 1. The highest BCUT2D eigenvalue weighted by molar-refractivity contribution is 5.81. The molecule has 6 heteroatoms. The SMILES string of the molecule is Cc1cc([C@@H]2CCCN(C(=O)[C@H](C)Oc3cccnc3)C2)n[nH]1.